The van der Waals surface area contributed by atoms with Gasteiger partial charge in [0.05, 0.1) is 18.4 Å². The van der Waals surface area contributed by atoms with Crippen molar-refractivity contribution in [2.24, 2.45) is 5.41 Å². The van der Waals surface area contributed by atoms with Gasteiger partial charge in [0.1, 0.15) is 6.26 Å². The second-order valence-corrected chi connectivity index (χ2v) is 5.81. The molecule has 2 aromatic rings. The molecule has 1 aliphatic heterocycles. The van der Waals surface area contributed by atoms with Crippen molar-refractivity contribution in [3.63, 3.8) is 0 Å². The number of furan rings is 1. The van der Waals surface area contributed by atoms with Gasteiger partial charge < -0.3 is 14.0 Å². The van der Waals surface area contributed by atoms with Gasteiger partial charge in [0.25, 0.3) is 5.89 Å². The monoisotopic (exact) mass is 277 g/mol. The Morgan fingerprint density at radius 2 is 2.40 bits per heavy atom. The van der Waals surface area contributed by atoms with Gasteiger partial charge in [-0.15, -0.1) is 0 Å². The summed E-state index contributed by atoms with van der Waals surface area (Å²) in [6, 6.07) is 1.79. The molecule has 1 saturated heterocycles. The van der Waals surface area contributed by atoms with E-state index in [0.29, 0.717) is 18.3 Å². The summed E-state index contributed by atoms with van der Waals surface area (Å²) in [6.45, 7) is 4.85. The average molecular weight is 277 g/mol. The largest absolute Gasteiger partial charge is 0.472 e. The van der Waals surface area contributed by atoms with Crippen LogP contribution in [0.1, 0.15) is 25.6 Å². The van der Waals surface area contributed by atoms with Gasteiger partial charge in [0.15, 0.2) is 5.82 Å². The van der Waals surface area contributed by atoms with Gasteiger partial charge in [-0.1, -0.05) is 12.1 Å². The predicted molar refractivity (Wildman–Crippen MR) is 71.7 cm³/mol. The Bertz CT molecular complexity index is 552. The summed E-state index contributed by atoms with van der Waals surface area (Å²) in [5.41, 5.74) is 0.776. The van der Waals surface area contributed by atoms with Crippen molar-refractivity contribution < 1.29 is 14.0 Å². The molecule has 0 bridgehead atoms. The van der Waals surface area contributed by atoms with Gasteiger partial charge in [0.2, 0.25) is 0 Å². The zero-order chi connectivity index (χ0) is 14.0. The third kappa shape index (κ3) is 2.76. The molecule has 1 N–H and O–H groups in total. The number of hydrogen-bond acceptors (Lipinski definition) is 6. The van der Waals surface area contributed by atoms with Crippen molar-refractivity contribution in [2.45, 2.75) is 26.3 Å². The Labute approximate surface area is 117 Å². The number of aromatic nitrogens is 2. The third-order valence-electron chi connectivity index (χ3n) is 3.84. The van der Waals surface area contributed by atoms with E-state index in [0.717, 1.165) is 31.5 Å². The van der Waals surface area contributed by atoms with E-state index in [4.69, 9.17) is 8.94 Å². The highest BCUT2D eigenvalue weighted by Gasteiger charge is 2.30. The lowest BCUT2D eigenvalue weighted by Crippen LogP contribution is -2.43. The van der Waals surface area contributed by atoms with Crippen molar-refractivity contribution in [3.8, 4) is 11.5 Å². The molecular weight excluding hydrogens is 258 g/mol. The first kappa shape index (κ1) is 13.3. The Balaban J connectivity index is 1.66. The number of aliphatic hydroxyl groups is 1. The van der Waals surface area contributed by atoms with Crippen molar-refractivity contribution >= 4 is 0 Å². The van der Waals surface area contributed by atoms with Crippen LogP contribution in [0.2, 0.25) is 0 Å². The molecule has 0 saturated carbocycles. The number of hydrogen-bond donors (Lipinski definition) is 1. The lowest BCUT2D eigenvalue weighted by Gasteiger charge is -2.38. The fourth-order valence-corrected chi connectivity index (χ4v) is 2.71. The molecular formula is C14H19N3O3. The third-order valence-corrected chi connectivity index (χ3v) is 3.84. The molecule has 2 aromatic heterocycles. The summed E-state index contributed by atoms with van der Waals surface area (Å²) < 4.78 is 10.2. The summed E-state index contributed by atoms with van der Waals surface area (Å²) in [7, 11) is 0. The average Bonchev–Trinajstić information content (AvgIpc) is 3.09. The zero-order valence-corrected chi connectivity index (χ0v) is 11.6. The van der Waals surface area contributed by atoms with Crippen LogP contribution in [0.15, 0.2) is 27.5 Å². The first-order valence-electron chi connectivity index (χ1n) is 6.87. The molecule has 0 radical (unpaired) electrons. The van der Waals surface area contributed by atoms with E-state index < -0.39 is 0 Å². The highest BCUT2D eigenvalue weighted by atomic mass is 16.5. The number of nitrogens with zero attached hydrogens (tertiary/aromatic N) is 3. The lowest BCUT2D eigenvalue weighted by molar-refractivity contribution is 0.0414. The van der Waals surface area contributed by atoms with E-state index in [1.54, 1.807) is 18.6 Å². The minimum Gasteiger partial charge on any atom is -0.472 e. The van der Waals surface area contributed by atoms with E-state index in [1.807, 2.05) is 0 Å². The first-order valence-corrected chi connectivity index (χ1v) is 6.87. The smallest absolute Gasteiger partial charge is 0.261 e. The van der Waals surface area contributed by atoms with Crippen molar-refractivity contribution in [3.05, 3.63) is 24.4 Å². The maximum absolute atomic E-state index is 9.48. The highest BCUT2D eigenvalue weighted by molar-refractivity contribution is 5.49. The second-order valence-electron chi connectivity index (χ2n) is 5.81. The Hall–Kier alpha value is -1.66. The number of rotatable bonds is 4. The minimum absolute atomic E-state index is 0.0185. The molecule has 6 nitrogen and oxygen atoms in total. The summed E-state index contributed by atoms with van der Waals surface area (Å²) in [6.07, 6.45) is 5.31. The van der Waals surface area contributed by atoms with Crippen LogP contribution in [0.3, 0.4) is 0 Å². The van der Waals surface area contributed by atoms with E-state index in [2.05, 4.69) is 22.0 Å². The first-order chi connectivity index (χ1) is 9.68. The highest BCUT2D eigenvalue weighted by Crippen LogP contribution is 2.29. The summed E-state index contributed by atoms with van der Waals surface area (Å²) in [5.74, 6) is 1.15. The maximum Gasteiger partial charge on any atom is 0.261 e. The van der Waals surface area contributed by atoms with Crippen LogP contribution >= 0.6 is 0 Å². The van der Waals surface area contributed by atoms with Crippen molar-refractivity contribution in [2.75, 3.05) is 19.7 Å². The van der Waals surface area contributed by atoms with E-state index >= 15 is 0 Å². The fourth-order valence-electron chi connectivity index (χ4n) is 2.71. The van der Waals surface area contributed by atoms with Gasteiger partial charge in [-0.05, 0) is 25.5 Å². The van der Waals surface area contributed by atoms with Crippen molar-refractivity contribution in [1.29, 1.82) is 0 Å². The molecule has 0 aliphatic carbocycles. The Morgan fingerprint density at radius 1 is 1.50 bits per heavy atom. The molecule has 3 heterocycles. The topological polar surface area (TPSA) is 75.5 Å². The predicted octanol–water partition coefficient (Wildman–Crippen LogP) is 1.92. The lowest BCUT2D eigenvalue weighted by atomic mass is 9.83. The molecule has 0 aromatic carbocycles. The second kappa shape index (κ2) is 5.38. The normalized spacial score (nSPS) is 24.1. The molecule has 1 unspecified atom stereocenters. The van der Waals surface area contributed by atoms with Crippen LogP contribution in [-0.2, 0) is 6.54 Å². The van der Waals surface area contributed by atoms with Gasteiger partial charge in [0, 0.05) is 18.6 Å². The van der Waals surface area contributed by atoms with Crippen LogP contribution in [-0.4, -0.2) is 39.8 Å². The number of aliphatic hydroxyl groups excluding tert-OH is 1. The fraction of sp³-hybridized carbons (Fsp3) is 0.571. The van der Waals surface area contributed by atoms with Crippen LogP contribution < -0.4 is 0 Å². The summed E-state index contributed by atoms with van der Waals surface area (Å²) >= 11 is 0. The van der Waals surface area contributed by atoms with Gasteiger partial charge in [-0.2, -0.15) is 4.98 Å². The molecule has 1 aliphatic rings. The standard InChI is InChI=1S/C14H19N3O3/c1-14(10-18)4-2-5-17(9-14)7-12-15-13(20-16-12)11-3-6-19-8-11/h3,6,8,18H,2,4-5,7,9-10H2,1H3. The Morgan fingerprint density at radius 3 is 3.15 bits per heavy atom. The molecule has 0 amide bonds. The molecule has 0 spiro atoms. The van der Waals surface area contributed by atoms with E-state index in [-0.39, 0.29) is 12.0 Å². The van der Waals surface area contributed by atoms with Gasteiger partial charge in [-0.3, -0.25) is 4.90 Å². The van der Waals surface area contributed by atoms with Gasteiger partial charge in [-0.25, -0.2) is 0 Å². The van der Waals surface area contributed by atoms with Gasteiger partial charge >= 0.3 is 0 Å². The van der Waals surface area contributed by atoms with E-state index in [1.165, 1.54) is 0 Å². The molecule has 3 rings (SSSR count). The summed E-state index contributed by atoms with van der Waals surface area (Å²) in [4.78, 5) is 6.65. The van der Waals surface area contributed by atoms with Crippen LogP contribution in [0.4, 0.5) is 0 Å². The molecule has 1 atom stereocenters. The molecule has 20 heavy (non-hydrogen) atoms. The maximum atomic E-state index is 9.48. The SMILES string of the molecule is CC1(CO)CCCN(Cc2noc(-c3ccoc3)n2)C1. The zero-order valence-electron chi connectivity index (χ0n) is 11.6. The number of piperidine rings is 1. The van der Waals surface area contributed by atoms with Crippen LogP contribution in [0.5, 0.6) is 0 Å². The van der Waals surface area contributed by atoms with E-state index in [9.17, 15) is 5.11 Å². The van der Waals surface area contributed by atoms with Crippen LogP contribution in [0, 0.1) is 5.41 Å². The number of likely N-dealkylation sites (tertiary alicyclic amines) is 1. The summed E-state index contributed by atoms with van der Waals surface area (Å²) in [5, 5.41) is 13.5. The quantitative estimate of drug-likeness (QED) is 0.920. The molecule has 1 fully saturated rings. The van der Waals surface area contributed by atoms with Crippen molar-refractivity contribution in [1.82, 2.24) is 15.0 Å². The molecule has 108 valence electrons. The minimum atomic E-state index is -0.0185. The molecule has 6 heteroatoms. The van der Waals surface area contributed by atoms with Crippen LogP contribution in [0.25, 0.3) is 11.5 Å². The Kier molecular flexibility index (Phi) is 3.58.